The van der Waals surface area contributed by atoms with Gasteiger partial charge in [0.05, 0.1) is 22.4 Å². The highest BCUT2D eigenvalue weighted by Crippen LogP contribution is 2.34. The summed E-state index contributed by atoms with van der Waals surface area (Å²) < 4.78 is 45.6. The van der Waals surface area contributed by atoms with Crippen LogP contribution >= 0.6 is 0 Å². The fourth-order valence-corrected chi connectivity index (χ4v) is 2.66. The second-order valence-corrected chi connectivity index (χ2v) is 7.07. The lowest BCUT2D eigenvalue weighted by atomic mass is 10.1. The van der Waals surface area contributed by atoms with Gasteiger partial charge in [0, 0.05) is 32.6 Å². The van der Waals surface area contributed by atoms with Gasteiger partial charge in [0.2, 0.25) is 5.88 Å². The fraction of sp³-hybridized carbons (Fsp3) is 0.286. The van der Waals surface area contributed by atoms with Gasteiger partial charge in [-0.3, -0.25) is 9.48 Å². The van der Waals surface area contributed by atoms with Gasteiger partial charge in [0.25, 0.3) is 5.91 Å². The molecule has 0 aliphatic heterocycles. The quantitative estimate of drug-likeness (QED) is 0.593. The number of nitrogens with zero attached hydrogens (tertiary/aromatic N) is 3. The highest BCUT2D eigenvalue weighted by Gasteiger charge is 2.30. The van der Waals surface area contributed by atoms with Crippen molar-refractivity contribution < 1.29 is 27.8 Å². The molecule has 0 bridgehead atoms. The van der Waals surface area contributed by atoms with Crippen molar-refractivity contribution >= 4 is 5.91 Å². The second kappa shape index (κ2) is 9.17. The Kier molecular flexibility index (Phi) is 6.59. The first kappa shape index (κ1) is 22.3. The average Bonchev–Trinajstić information content (AvgIpc) is 3.17. The van der Waals surface area contributed by atoms with Gasteiger partial charge in [-0.25, -0.2) is 4.98 Å². The summed E-state index contributed by atoms with van der Waals surface area (Å²) in [5, 5.41) is 16.1. The maximum Gasteiger partial charge on any atom is 0.416 e. The lowest BCUT2D eigenvalue weighted by molar-refractivity contribution is -0.137. The normalized spacial score (nSPS) is 12.5. The number of aliphatic hydroxyl groups excluding tert-OH is 1. The first-order chi connectivity index (χ1) is 14.7. The molecule has 10 heteroatoms. The van der Waals surface area contributed by atoms with Crippen molar-refractivity contribution in [1.82, 2.24) is 20.1 Å². The summed E-state index contributed by atoms with van der Waals surface area (Å²) in [6.07, 6.45) is -1.43. The van der Waals surface area contributed by atoms with Crippen molar-refractivity contribution in [2.75, 3.05) is 13.2 Å². The number of hydrogen-bond acceptors (Lipinski definition) is 5. The number of alkyl halides is 3. The van der Waals surface area contributed by atoms with Crippen molar-refractivity contribution in [2.24, 2.45) is 13.0 Å². The smallest absolute Gasteiger partial charge is 0.416 e. The topological polar surface area (TPSA) is 89.3 Å². The van der Waals surface area contributed by atoms with Crippen LogP contribution in [0.5, 0.6) is 11.6 Å². The van der Waals surface area contributed by atoms with Gasteiger partial charge in [-0.1, -0.05) is 6.92 Å². The monoisotopic (exact) mass is 434 g/mol. The number of aryl methyl sites for hydroxylation is 1. The van der Waals surface area contributed by atoms with Crippen LogP contribution in [0.3, 0.4) is 0 Å². The molecule has 1 atom stereocenters. The molecule has 31 heavy (non-hydrogen) atoms. The van der Waals surface area contributed by atoms with E-state index in [0.717, 1.165) is 12.1 Å². The summed E-state index contributed by atoms with van der Waals surface area (Å²) in [5.74, 6) is -0.231. The van der Waals surface area contributed by atoms with E-state index in [0.29, 0.717) is 11.3 Å². The van der Waals surface area contributed by atoms with Crippen LogP contribution in [0, 0.1) is 5.92 Å². The number of hydrogen-bond donors (Lipinski definition) is 2. The largest absolute Gasteiger partial charge is 0.438 e. The first-order valence-corrected chi connectivity index (χ1v) is 9.41. The van der Waals surface area contributed by atoms with Crippen LogP contribution in [-0.2, 0) is 13.2 Å². The molecule has 0 saturated carbocycles. The molecule has 2 aromatic heterocycles. The molecule has 164 valence electrons. The van der Waals surface area contributed by atoms with Gasteiger partial charge < -0.3 is 15.2 Å². The van der Waals surface area contributed by atoms with Crippen molar-refractivity contribution in [2.45, 2.75) is 13.1 Å². The van der Waals surface area contributed by atoms with Gasteiger partial charge in [-0.15, -0.1) is 0 Å². The molecule has 2 heterocycles. The minimum Gasteiger partial charge on any atom is -0.438 e. The third kappa shape index (κ3) is 5.60. The number of nitrogens with one attached hydrogen (secondary N) is 1. The van der Waals surface area contributed by atoms with Gasteiger partial charge in [0.15, 0.2) is 0 Å². The molecule has 0 saturated heterocycles. The number of carbonyl (C=O) groups excluding carboxylic acids is 1. The minimum absolute atomic E-state index is 0.0579. The summed E-state index contributed by atoms with van der Waals surface area (Å²) in [6, 6.07) is 7.48. The zero-order valence-corrected chi connectivity index (χ0v) is 16.8. The van der Waals surface area contributed by atoms with Crippen LogP contribution < -0.4 is 10.1 Å². The molecule has 7 nitrogen and oxygen atoms in total. The number of pyridine rings is 1. The molecule has 1 amide bonds. The Balaban J connectivity index is 1.90. The van der Waals surface area contributed by atoms with Crippen LogP contribution in [0.2, 0.25) is 0 Å². The standard InChI is InChI=1S/C21H21F3N4O3/c1-13(12-29)10-25-19(30)14-9-17(18-7-8-28(2)27-18)20(26-11-14)31-16-5-3-15(4-6-16)21(22,23)24/h3-9,11,13,29H,10,12H2,1-2H3,(H,25,30). The highest BCUT2D eigenvalue weighted by molar-refractivity contribution is 5.95. The van der Waals surface area contributed by atoms with E-state index in [1.54, 1.807) is 37.0 Å². The molecule has 0 radical (unpaired) electrons. The van der Waals surface area contributed by atoms with E-state index in [1.807, 2.05) is 0 Å². The minimum atomic E-state index is -4.45. The molecule has 3 aromatic rings. The van der Waals surface area contributed by atoms with Gasteiger partial charge in [-0.2, -0.15) is 18.3 Å². The number of aromatic nitrogens is 3. The lowest BCUT2D eigenvalue weighted by Gasteiger charge is -2.13. The summed E-state index contributed by atoms with van der Waals surface area (Å²) in [7, 11) is 1.72. The number of aliphatic hydroxyl groups is 1. The molecule has 0 fully saturated rings. The Labute approximate surface area is 176 Å². The third-order valence-electron chi connectivity index (χ3n) is 4.42. The van der Waals surface area contributed by atoms with Crippen LogP contribution in [0.25, 0.3) is 11.3 Å². The lowest BCUT2D eigenvalue weighted by Crippen LogP contribution is -2.29. The summed E-state index contributed by atoms with van der Waals surface area (Å²) in [4.78, 5) is 16.6. The van der Waals surface area contributed by atoms with Crippen molar-refractivity contribution in [3.05, 3.63) is 59.9 Å². The maximum absolute atomic E-state index is 12.8. The van der Waals surface area contributed by atoms with E-state index >= 15 is 0 Å². The van der Waals surface area contributed by atoms with Crippen LogP contribution in [0.4, 0.5) is 13.2 Å². The van der Waals surface area contributed by atoms with E-state index in [4.69, 9.17) is 9.84 Å². The molecule has 3 rings (SSSR count). The Bertz CT molecular complexity index is 1050. The number of carbonyl (C=O) groups is 1. The van der Waals surface area contributed by atoms with Crippen LogP contribution in [0.15, 0.2) is 48.8 Å². The van der Waals surface area contributed by atoms with Gasteiger partial charge >= 0.3 is 6.18 Å². The first-order valence-electron chi connectivity index (χ1n) is 9.41. The van der Waals surface area contributed by atoms with E-state index in [9.17, 15) is 18.0 Å². The summed E-state index contributed by atoms with van der Waals surface area (Å²) >= 11 is 0. The Morgan fingerprint density at radius 2 is 1.97 bits per heavy atom. The van der Waals surface area contributed by atoms with E-state index in [1.165, 1.54) is 18.3 Å². The summed E-state index contributed by atoms with van der Waals surface area (Å²) in [6.45, 7) is 2.02. The summed E-state index contributed by atoms with van der Waals surface area (Å²) in [5.41, 5.74) is 0.353. The Morgan fingerprint density at radius 1 is 1.26 bits per heavy atom. The van der Waals surface area contributed by atoms with Crippen LogP contribution in [0.1, 0.15) is 22.8 Å². The molecule has 0 aliphatic rings. The molecule has 1 aromatic carbocycles. The number of ether oxygens (including phenoxy) is 1. The molecule has 1 unspecified atom stereocenters. The van der Waals surface area contributed by atoms with E-state index in [2.05, 4.69) is 15.4 Å². The average molecular weight is 434 g/mol. The van der Waals surface area contributed by atoms with E-state index < -0.39 is 11.7 Å². The third-order valence-corrected chi connectivity index (χ3v) is 4.42. The van der Waals surface area contributed by atoms with Crippen LogP contribution in [-0.4, -0.2) is 38.9 Å². The predicted octanol–water partition coefficient (Wildman–Crippen LogP) is 3.65. The fourth-order valence-electron chi connectivity index (χ4n) is 2.66. The number of halogens is 3. The Hall–Kier alpha value is -3.40. The number of benzene rings is 1. The predicted molar refractivity (Wildman–Crippen MR) is 107 cm³/mol. The Morgan fingerprint density at radius 3 is 2.55 bits per heavy atom. The van der Waals surface area contributed by atoms with Crippen molar-refractivity contribution in [1.29, 1.82) is 0 Å². The number of rotatable bonds is 7. The maximum atomic E-state index is 12.8. The van der Waals surface area contributed by atoms with Crippen molar-refractivity contribution in [3.8, 4) is 22.9 Å². The molecular formula is C21H21F3N4O3. The highest BCUT2D eigenvalue weighted by atomic mass is 19.4. The van der Waals surface area contributed by atoms with Gasteiger partial charge in [0.1, 0.15) is 5.75 Å². The van der Waals surface area contributed by atoms with Crippen molar-refractivity contribution in [3.63, 3.8) is 0 Å². The molecular weight excluding hydrogens is 413 g/mol. The zero-order chi connectivity index (χ0) is 22.6. The molecule has 0 spiro atoms. The molecule has 2 N–H and O–H groups in total. The number of amides is 1. The SMILES string of the molecule is CC(CO)CNC(=O)c1cnc(Oc2ccc(C(F)(F)F)cc2)c(-c2ccn(C)n2)c1. The molecule has 0 aliphatic carbocycles. The second-order valence-electron chi connectivity index (χ2n) is 7.07. The zero-order valence-electron chi connectivity index (χ0n) is 16.8. The van der Waals surface area contributed by atoms with Gasteiger partial charge in [-0.05, 0) is 42.3 Å². The van der Waals surface area contributed by atoms with E-state index in [-0.39, 0.29) is 42.2 Å².